The van der Waals surface area contributed by atoms with Crippen LogP contribution in [0.1, 0.15) is 16.9 Å². The minimum absolute atomic E-state index is 0.0700. The van der Waals surface area contributed by atoms with E-state index in [1.54, 1.807) is 11.3 Å². The first kappa shape index (κ1) is 16.0. The molecule has 0 saturated carbocycles. The molecule has 5 heteroatoms. The zero-order chi connectivity index (χ0) is 16.1. The average molecular weight is 330 g/mol. The molecule has 1 aliphatic rings. The van der Waals surface area contributed by atoms with E-state index in [4.69, 9.17) is 4.74 Å². The van der Waals surface area contributed by atoms with Gasteiger partial charge in [-0.25, -0.2) is 0 Å². The zero-order valence-corrected chi connectivity index (χ0v) is 14.2. The first-order valence-corrected chi connectivity index (χ1v) is 8.86. The van der Waals surface area contributed by atoms with Crippen molar-refractivity contribution in [1.82, 2.24) is 0 Å². The minimum atomic E-state index is 0.0700. The van der Waals surface area contributed by atoms with Crippen LogP contribution in [0.4, 0.5) is 11.4 Å². The van der Waals surface area contributed by atoms with Crippen LogP contribution in [0.2, 0.25) is 0 Å². The number of amides is 1. The van der Waals surface area contributed by atoms with Crippen molar-refractivity contribution in [2.45, 2.75) is 19.8 Å². The largest absolute Gasteiger partial charge is 0.378 e. The number of benzene rings is 1. The smallest absolute Gasteiger partial charge is 0.224 e. The summed E-state index contributed by atoms with van der Waals surface area (Å²) in [4.78, 5) is 15.8. The molecule has 0 radical (unpaired) electrons. The van der Waals surface area contributed by atoms with E-state index in [1.165, 1.54) is 4.88 Å². The molecule has 122 valence electrons. The Kier molecular flexibility index (Phi) is 5.31. The van der Waals surface area contributed by atoms with Crippen molar-refractivity contribution in [2.75, 3.05) is 36.5 Å². The van der Waals surface area contributed by atoms with Gasteiger partial charge in [-0.3, -0.25) is 4.79 Å². The number of hydrogen-bond acceptors (Lipinski definition) is 4. The second-order valence-corrected chi connectivity index (χ2v) is 6.76. The molecule has 23 heavy (non-hydrogen) atoms. The van der Waals surface area contributed by atoms with Gasteiger partial charge in [0.15, 0.2) is 0 Å². The van der Waals surface area contributed by atoms with Gasteiger partial charge in [-0.15, -0.1) is 11.3 Å². The zero-order valence-electron chi connectivity index (χ0n) is 13.4. The number of rotatable bonds is 5. The summed E-state index contributed by atoms with van der Waals surface area (Å²) in [6.45, 7) is 5.34. The Morgan fingerprint density at radius 3 is 2.87 bits per heavy atom. The summed E-state index contributed by atoms with van der Waals surface area (Å²) in [5.74, 6) is 0.0700. The van der Waals surface area contributed by atoms with Crippen molar-refractivity contribution in [1.29, 1.82) is 0 Å². The highest BCUT2D eigenvalue weighted by atomic mass is 32.1. The predicted molar refractivity (Wildman–Crippen MR) is 95.5 cm³/mol. The van der Waals surface area contributed by atoms with E-state index in [9.17, 15) is 4.79 Å². The van der Waals surface area contributed by atoms with Crippen LogP contribution >= 0.6 is 11.3 Å². The number of hydrogen-bond donors (Lipinski definition) is 1. The molecule has 1 N–H and O–H groups in total. The first-order chi connectivity index (χ1) is 11.2. The highest BCUT2D eigenvalue weighted by molar-refractivity contribution is 7.09. The summed E-state index contributed by atoms with van der Waals surface area (Å²) in [5, 5.41) is 5.10. The van der Waals surface area contributed by atoms with Gasteiger partial charge < -0.3 is 15.0 Å². The van der Waals surface area contributed by atoms with Crippen molar-refractivity contribution >= 4 is 28.6 Å². The van der Waals surface area contributed by atoms with E-state index < -0.39 is 0 Å². The number of nitrogens with zero attached hydrogens (tertiary/aromatic N) is 1. The van der Waals surface area contributed by atoms with Crippen LogP contribution in [0.15, 0.2) is 35.7 Å². The standard InChI is InChI=1S/C18H22N2O2S/c1-14-4-5-15(20-8-10-22-11-9-20)13-17(14)19-18(21)7-6-16-3-2-12-23-16/h2-5,12-13H,6-11H2,1H3,(H,19,21). The lowest BCUT2D eigenvalue weighted by Gasteiger charge is -2.29. The van der Waals surface area contributed by atoms with Crippen molar-refractivity contribution in [2.24, 2.45) is 0 Å². The lowest BCUT2D eigenvalue weighted by molar-refractivity contribution is -0.116. The van der Waals surface area contributed by atoms with Gasteiger partial charge in [-0.05, 0) is 42.5 Å². The molecule has 1 fully saturated rings. The van der Waals surface area contributed by atoms with Gasteiger partial charge in [-0.1, -0.05) is 12.1 Å². The summed E-state index contributed by atoms with van der Waals surface area (Å²) in [5.41, 5.74) is 3.14. The van der Waals surface area contributed by atoms with Gasteiger partial charge in [0.2, 0.25) is 5.91 Å². The molecule has 0 spiro atoms. The Balaban J connectivity index is 1.62. The minimum Gasteiger partial charge on any atom is -0.378 e. The molecule has 1 amide bonds. The van der Waals surface area contributed by atoms with Crippen LogP contribution in [0, 0.1) is 6.92 Å². The van der Waals surface area contributed by atoms with Crippen molar-refractivity contribution in [3.63, 3.8) is 0 Å². The topological polar surface area (TPSA) is 41.6 Å². The van der Waals surface area contributed by atoms with E-state index in [0.717, 1.165) is 49.7 Å². The monoisotopic (exact) mass is 330 g/mol. The Morgan fingerprint density at radius 1 is 1.30 bits per heavy atom. The molecule has 2 heterocycles. The molecule has 0 atom stereocenters. The fraction of sp³-hybridized carbons (Fsp3) is 0.389. The van der Waals surface area contributed by atoms with Crippen molar-refractivity contribution < 1.29 is 9.53 Å². The van der Waals surface area contributed by atoms with Crippen LogP contribution in [-0.2, 0) is 16.0 Å². The fourth-order valence-corrected chi connectivity index (χ4v) is 3.38. The molecule has 1 saturated heterocycles. The Hall–Kier alpha value is -1.85. The maximum absolute atomic E-state index is 12.2. The maximum Gasteiger partial charge on any atom is 0.224 e. The second-order valence-electron chi connectivity index (χ2n) is 5.73. The lowest BCUT2D eigenvalue weighted by Crippen LogP contribution is -2.36. The Bertz CT molecular complexity index is 649. The predicted octanol–water partition coefficient (Wildman–Crippen LogP) is 3.46. The Morgan fingerprint density at radius 2 is 2.13 bits per heavy atom. The van der Waals surface area contributed by atoms with Gasteiger partial charge in [0.25, 0.3) is 0 Å². The van der Waals surface area contributed by atoms with E-state index in [-0.39, 0.29) is 5.91 Å². The van der Waals surface area contributed by atoms with Crippen LogP contribution in [0.3, 0.4) is 0 Å². The van der Waals surface area contributed by atoms with E-state index >= 15 is 0 Å². The average Bonchev–Trinajstić information content (AvgIpc) is 3.09. The van der Waals surface area contributed by atoms with E-state index in [2.05, 4.69) is 34.5 Å². The molecule has 1 aliphatic heterocycles. The molecular weight excluding hydrogens is 308 g/mol. The normalized spacial score (nSPS) is 14.7. The van der Waals surface area contributed by atoms with Crippen molar-refractivity contribution in [3.8, 4) is 0 Å². The fourth-order valence-electron chi connectivity index (χ4n) is 2.67. The van der Waals surface area contributed by atoms with Gasteiger partial charge in [0.05, 0.1) is 13.2 Å². The van der Waals surface area contributed by atoms with E-state index in [1.807, 2.05) is 18.4 Å². The molecule has 0 aliphatic carbocycles. The molecule has 1 aromatic heterocycles. The summed E-state index contributed by atoms with van der Waals surface area (Å²) in [6, 6.07) is 10.3. The van der Waals surface area contributed by atoms with Crippen LogP contribution in [-0.4, -0.2) is 32.2 Å². The molecule has 0 bridgehead atoms. The van der Waals surface area contributed by atoms with Crippen molar-refractivity contribution in [3.05, 3.63) is 46.2 Å². The molecular formula is C18H22N2O2S. The van der Waals surface area contributed by atoms with Crippen LogP contribution < -0.4 is 10.2 Å². The third-order valence-corrected chi connectivity index (χ3v) is 4.99. The third kappa shape index (κ3) is 4.33. The van der Waals surface area contributed by atoms with Crippen LogP contribution in [0.5, 0.6) is 0 Å². The summed E-state index contributed by atoms with van der Waals surface area (Å²) >= 11 is 1.70. The molecule has 0 unspecified atom stereocenters. The number of nitrogens with one attached hydrogen (secondary N) is 1. The van der Waals surface area contributed by atoms with E-state index in [0.29, 0.717) is 6.42 Å². The number of carbonyl (C=O) groups is 1. The second kappa shape index (κ2) is 7.62. The van der Waals surface area contributed by atoms with Gasteiger partial charge in [0.1, 0.15) is 0 Å². The van der Waals surface area contributed by atoms with Gasteiger partial charge in [-0.2, -0.15) is 0 Å². The summed E-state index contributed by atoms with van der Waals surface area (Å²) in [7, 11) is 0. The number of ether oxygens (including phenoxy) is 1. The van der Waals surface area contributed by atoms with Gasteiger partial charge >= 0.3 is 0 Å². The summed E-state index contributed by atoms with van der Waals surface area (Å²) < 4.78 is 5.40. The third-order valence-electron chi connectivity index (χ3n) is 4.05. The highest BCUT2D eigenvalue weighted by Gasteiger charge is 2.13. The molecule has 1 aromatic carbocycles. The maximum atomic E-state index is 12.2. The quantitative estimate of drug-likeness (QED) is 0.913. The molecule has 4 nitrogen and oxygen atoms in total. The lowest BCUT2D eigenvalue weighted by atomic mass is 10.1. The highest BCUT2D eigenvalue weighted by Crippen LogP contribution is 2.24. The number of carbonyl (C=O) groups excluding carboxylic acids is 1. The molecule has 2 aromatic rings. The number of aryl methyl sites for hydroxylation is 2. The first-order valence-electron chi connectivity index (χ1n) is 7.98. The number of anilines is 2. The number of morpholine rings is 1. The molecule has 3 rings (SSSR count). The Labute approximate surface area is 141 Å². The van der Waals surface area contributed by atoms with Gasteiger partial charge in [0, 0.05) is 35.8 Å². The SMILES string of the molecule is Cc1ccc(N2CCOCC2)cc1NC(=O)CCc1cccs1. The summed E-state index contributed by atoms with van der Waals surface area (Å²) in [6.07, 6.45) is 1.31. The number of thiophene rings is 1. The van der Waals surface area contributed by atoms with Crippen LogP contribution in [0.25, 0.3) is 0 Å².